The minimum atomic E-state index is -0.352. The zero-order valence-electron chi connectivity index (χ0n) is 11.0. The van der Waals surface area contributed by atoms with Crippen molar-refractivity contribution in [3.63, 3.8) is 0 Å². The highest BCUT2D eigenvalue weighted by Gasteiger charge is 2.29. The Morgan fingerprint density at radius 3 is 2.60 bits per heavy atom. The fourth-order valence-electron chi connectivity index (χ4n) is 2.20. The van der Waals surface area contributed by atoms with Crippen molar-refractivity contribution >= 4 is 11.8 Å². The highest BCUT2D eigenvalue weighted by molar-refractivity contribution is 5.95. The lowest BCUT2D eigenvalue weighted by atomic mass is 10.1. The molecule has 1 fully saturated rings. The number of nitrogens with zero attached hydrogens (tertiary/aromatic N) is 1. The van der Waals surface area contributed by atoms with Gasteiger partial charge in [-0.15, -0.1) is 0 Å². The number of nitrogens with two attached hydrogens (primary N) is 1. The van der Waals surface area contributed by atoms with E-state index in [1.807, 2.05) is 0 Å². The molecule has 5 heteroatoms. The van der Waals surface area contributed by atoms with Gasteiger partial charge in [0, 0.05) is 24.2 Å². The average Bonchev–Trinajstić information content (AvgIpc) is 2.95. The lowest BCUT2D eigenvalue weighted by molar-refractivity contribution is -0.121. The molecule has 0 spiro atoms. The first-order chi connectivity index (χ1) is 9.61. The second-order valence-electron chi connectivity index (χ2n) is 4.68. The molecule has 1 saturated heterocycles. The first-order valence-electron chi connectivity index (χ1n) is 6.40. The summed E-state index contributed by atoms with van der Waals surface area (Å²) in [4.78, 5) is 25.0. The van der Waals surface area contributed by atoms with Crippen LogP contribution in [-0.2, 0) is 4.79 Å². The molecule has 0 saturated carbocycles. The number of benzene rings is 1. The molecule has 0 radical (unpaired) electrons. The van der Waals surface area contributed by atoms with Gasteiger partial charge in [0.25, 0.3) is 5.91 Å². The zero-order valence-corrected chi connectivity index (χ0v) is 11.0. The minimum absolute atomic E-state index is 0.101. The number of amides is 2. The molecule has 0 aromatic heterocycles. The number of hydrogen-bond acceptors (Lipinski definition) is 3. The van der Waals surface area contributed by atoms with E-state index < -0.39 is 0 Å². The van der Waals surface area contributed by atoms with Crippen molar-refractivity contribution in [3.05, 3.63) is 35.4 Å². The van der Waals surface area contributed by atoms with Crippen LogP contribution >= 0.6 is 0 Å². The molecule has 5 nitrogen and oxygen atoms in total. The molecule has 3 N–H and O–H groups in total. The average molecular weight is 272 g/mol. The quantitative estimate of drug-likeness (QED) is 0.742. The number of rotatable bonds is 2. The van der Waals surface area contributed by atoms with Crippen molar-refractivity contribution in [2.45, 2.75) is 6.42 Å². The van der Waals surface area contributed by atoms with Gasteiger partial charge in [0.15, 0.2) is 0 Å². The molecule has 1 aliphatic rings. The molecule has 2 amide bonds. The molecule has 0 aliphatic carbocycles. The Morgan fingerprint density at radius 1 is 1.35 bits per heavy atom. The van der Waals surface area contributed by atoms with Crippen molar-refractivity contribution in [3.8, 4) is 11.8 Å². The molecular weight excluding hydrogens is 256 g/mol. The third kappa shape index (κ3) is 3.16. The summed E-state index contributed by atoms with van der Waals surface area (Å²) in [5.74, 6) is 4.62. The van der Waals surface area contributed by atoms with E-state index in [2.05, 4.69) is 11.8 Å². The highest BCUT2D eigenvalue weighted by atomic mass is 16.2. The van der Waals surface area contributed by atoms with Gasteiger partial charge in [-0.25, -0.2) is 0 Å². The number of hydrogen-bond donors (Lipinski definition) is 2. The van der Waals surface area contributed by atoms with E-state index in [1.54, 1.807) is 29.2 Å². The summed E-state index contributed by atoms with van der Waals surface area (Å²) in [7, 11) is 0. The SMILES string of the molecule is NC(=O)C1CCN(C(=O)c2ccc(C#CCO)cc2)C1. The maximum Gasteiger partial charge on any atom is 0.253 e. The van der Waals surface area contributed by atoms with Crippen LogP contribution in [0.2, 0.25) is 0 Å². The first-order valence-corrected chi connectivity index (χ1v) is 6.40. The summed E-state index contributed by atoms with van der Waals surface area (Å²) in [6, 6.07) is 6.86. The molecule has 1 heterocycles. The Kier molecular flexibility index (Phi) is 4.38. The summed E-state index contributed by atoms with van der Waals surface area (Å²) in [6.45, 7) is 0.752. The number of aliphatic hydroxyl groups excluding tert-OH is 1. The number of carbonyl (C=O) groups is 2. The van der Waals surface area contributed by atoms with Gasteiger partial charge in [-0.05, 0) is 30.7 Å². The Hall–Kier alpha value is -2.32. The van der Waals surface area contributed by atoms with Crippen molar-refractivity contribution in [2.24, 2.45) is 11.7 Å². The van der Waals surface area contributed by atoms with Crippen LogP contribution in [0.4, 0.5) is 0 Å². The van der Waals surface area contributed by atoms with Crippen LogP contribution in [0, 0.1) is 17.8 Å². The van der Waals surface area contributed by atoms with Crippen LogP contribution in [-0.4, -0.2) is 41.5 Å². The molecular formula is C15H16N2O3. The largest absolute Gasteiger partial charge is 0.384 e. The summed E-state index contributed by atoms with van der Waals surface area (Å²) < 4.78 is 0. The van der Waals surface area contributed by atoms with Crippen molar-refractivity contribution in [1.29, 1.82) is 0 Å². The van der Waals surface area contributed by atoms with E-state index in [-0.39, 0.29) is 24.3 Å². The summed E-state index contributed by atoms with van der Waals surface area (Å²) in [5, 5.41) is 8.61. The van der Waals surface area contributed by atoms with Crippen molar-refractivity contribution < 1.29 is 14.7 Å². The lowest BCUT2D eigenvalue weighted by Crippen LogP contribution is -2.31. The third-order valence-electron chi connectivity index (χ3n) is 3.32. The van der Waals surface area contributed by atoms with Gasteiger partial charge in [-0.2, -0.15) is 0 Å². The number of aliphatic hydroxyl groups is 1. The summed E-state index contributed by atoms with van der Waals surface area (Å²) in [5.41, 5.74) is 6.56. The van der Waals surface area contributed by atoms with Gasteiger partial charge < -0.3 is 15.7 Å². The highest BCUT2D eigenvalue weighted by Crippen LogP contribution is 2.18. The predicted octanol–water partition coefficient (Wildman–Crippen LogP) is -0.0222. The topological polar surface area (TPSA) is 83.6 Å². The van der Waals surface area contributed by atoms with Gasteiger partial charge >= 0.3 is 0 Å². The maximum absolute atomic E-state index is 12.2. The minimum Gasteiger partial charge on any atom is -0.384 e. The van der Waals surface area contributed by atoms with E-state index in [4.69, 9.17) is 10.8 Å². The molecule has 1 aromatic carbocycles. The fraction of sp³-hybridized carbons (Fsp3) is 0.333. The molecule has 1 atom stereocenters. The zero-order chi connectivity index (χ0) is 14.5. The molecule has 1 aromatic rings. The number of likely N-dealkylation sites (tertiary alicyclic amines) is 1. The predicted molar refractivity (Wildman–Crippen MR) is 73.6 cm³/mol. The van der Waals surface area contributed by atoms with Crippen LogP contribution in [0.3, 0.4) is 0 Å². The van der Waals surface area contributed by atoms with Crippen LogP contribution in [0.1, 0.15) is 22.3 Å². The fourth-order valence-corrected chi connectivity index (χ4v) is 2.20. The van der Waals surface area contributed by atoms with Crippen LogP contribution in [0.25, 0.3) is 0 Å². The first kappa shape index (κ1) is 14.1. The third-order valence-corrected chi connectivity index (χ3v) is 3.32. The van der Waals surface area contributed by atoms with Crippen LogP contribution in [0.15, 0.2) is 24.3 Å². The smallest absolute Gasteiger partial charge is 0.253 e. The van der Waals surface area contributed by atoms with Gasteiger partial charge in [0.2, 0.25) is 5.91 Å². The number of carbonyl (C=O) groups excluding carboxylic acids is 2. The second-order valence-corrected chi connectivity index (χ2v) is 4.68. The normalized spacial score (nSPS) is 17.4. The number of primary amides is 1. The maximum atomic E-state index is 12.2. The van der Waals surface area contributed by atoms with Gasteiger partial charge in [0.1, 0.15) is 6.61 Å². The van der Waals surface area contributed by atoms with Crippen molar-refractivity contribution in [1.82, 2.24) is 4.90 Å². The second kappa shape index (κ2) is 6.22. The monoisotopic (exact) mass is 272 g/mol. The standard InChI is InChI=1S/C15H16N2O3/c16-14(19)13-7-8-17(10-13)15(20)12-5-3-11(4-6-12)2-1-9-18/h3-6,13,18H,7-10H2,(H2,16,19). The van der Waals surface area contributed by atoms with E-state index in [1.165, 1.54) is 0 Å². The van der Waals surface area contributed by atoms with Gasteiger partial charge in [0.05, 0.1) is 5.92 Å². The Balaban J connectivity index is 2.05. The molecule has 2 rings (SSSR count). The van der Waals surface area contributed by atoms with E-state index >= 15 is 0 Å². The Bertz CT molecular complexity index is 569. The summed E-state index contributed by atoms with van der Waals surface area (Å²) >= 11 is 0. The molecule has 1 aliphatic heterocycles. The summed E-state index contributed by atoms with van der Waals surface area (Å²) in [6.07, 6.45) is 0.626. The van der Waals surface area contributed by atoms with Gasteiger partial charge in [-0.1, -0.05) is 11.8 Å². The van der Waals surface area contributed by atoms with Crippen LogP contribution in [0.5, 0.6) is 0 Å². The van der Waals surface area contributed by atoms with E-state index in [0.29, 0.717) is 25.1 Å². The molecule has 1 unspecified atom stereocenters. The lowest BCUT2D eigenvalue weighted by Gasteiger charge is -2.15. The van der Waals surface area contributed by atoms with Crippen LogP contribution < -0.4 is 5.73 Å². The van der Waals surface area contributed by atoms with E-state index in [9.17, 15) is 9.59 Å². The molecule has 20 heavy (non-hydrogen) atoms. The Morgan fingerprint density at radius 2 is 2.05 bits per heavy atom. The van der Waals surface area contributed by atoms with Gasteiger partial charge in [-0.3, -0.25) is 9.59 Å². The molecule has 104 valence electrons. The Labute approximate surface area is 117 Å². The molecule has 0 bridgehead atoms. The van der Waals surface area contributed by atoms with Crippen molar-refractivity contribution in [2.75, 3.05) is 19.7 Å². The van der Waals surface area contributed by atoms with E-state index in [0.717, 1.165) is 5.56 Å².